The lowest BCUT2D eigenvalue weighted by Crippen LogP contribution is -2.51. The summed E-state index contributed by atoms with van der Waals surface area (Å²) in [5, 5.41) is 3.38. The van der Waals surface area contributed by atoms with E-state index < -0.39 is 0 Å². The highest BCUT2D eigenvalue weighted by atomic mass is 16.5. The predicted molar refractivity (Wildman–Crippen MR) is 77.4 cm³/mol. The lowest BCUT2D eigenvalue weighted by Gasteiger charge is -2.31. The second kappa shape index (κ2) is 5.94. The van der Waals surface area contributed by atoms with E-state index >= 15 is 0 Å². The Balaban J connectivity index is 1.68. The van der Waals surface area contributed by atoms with Crippen molar-refractivity contribution in [3.63, 3.8) is 0 Å². The summed E-state index contributed by atoms with van der Waals surface area (Å²) in [6, 6.07) is 8.73. The van der Waals surface area contributed by atoms with Gasteiger partial charge in [0.15, 0.2) is 0 Å². The fourth-order valence-corrected chi connectivity index (χ4v) is 2.88. The van der Waals surface area contributed by atoms with E-state index in [1.54, 1.807) is 7.11 Å². The van der Waals surface area contributed by atoms with Crippen LogP contribution in [0, 0.1) is 0 Å². The van der Waals surface area contributed by atoms with Crippen molar-refractivity contribution < 1.29 is 9.53 Å². The van der Waals surface area contributed by atoms with E-state index in [1.807, 2.05) is 4.90 Å². The van der Waals surface area contributed by atoms with E-state index in [2.05, 4.69) is 29.6 Å². The average Bonchev–Trinajstić information content (AvgIpc) is 3.32. The van der Waals surface area contributed by atoms with Gasteiger partial charge in [-0.15, -0.1) is 0 Å². The molecule has 4 heteroatoms. The zero-order valence-corrected chi connectivity index (χ0v) is 12.0. The fraction of sp³-hybridized carbons (Fsp3) is 0.562. The van der Waals surface area contributed by atoms with Gasteiger partial charge in [-0.3, -0.25) is 4.79 Å². The van der Waals surface area contributed by atoms with E-state index in [0.29, 0.717) is 19.2 Å². The molecule has 1 saturated carbocycles. The molecule has 1 aromatic rings. The first-order valence-corrected chi connectivity index (χ1v) is 7.39. The van der Waals surface area contributed by atoms with E-state index in [9.17, 15) is 4.79 Å². The Hall–Kier alpha value is -1.39. The normalized spacial score (nSPS) is 21.4. The number of rotatable bonds is 5. The Labute approximate surface area is 120 Å². The quantitative estimate of drug-likeness (QED) is 0.881. The SMILES string of the molecule is COCCN(C(=O)[C@@H]1Cc2ccccc2CN1)C1CC1. The topological polar surface area (TPSA) is 41.6 Å². The molecule has 1 fully saturated rings. The first-order valence-electron chi connectivity index (χ1n) is 7.39. The minimum atomic E-state index is -0.0812. The molecule has 1 heterocycles. The van der Waals surface area contributed by atoms with Crippen molar-refractivity contribution in [1.82, 2.24) is 10.2 Å². The van der Waals surface area contributed by atoms with E-state index in [4.69, 9.17) is 4.74 Å². The Morgan fingerprint density at radius 3 is 2.80 bits per heavy atom. The molecule has 0 unspecified atom stereocenters. The van der Waals surface area contributed by atoms with Crippen molar-refractivity contribution in [3.8, 4) is 0 Å². The largest absolute Gasteiger partial charge is 0.383 e. The zero-order valence-electron chi connectivity index (χ0n) is 12.0. The summed E-state index contributed by atoms with van der Waals surface area (Å²) in [4.78, 5) is 14.7. The molecule has 0 radical (unpaired) electrons. The maximum atomic E-state index is 12.7. The highest BCUT2D eigenvalue weighted by Crippen LogP contribution is 2.28. The Kier molecular flexibility index (Phi) is 4.03. The van der Waals surface area contributed by atoms with Gasteiger partial charge in [0.05, 0.1) is 12.6 Å². The number of carbonyl (C=O) groups excluding carboxylic acids is 1. The maximum absolute atomic E-state index is 12.7. The molecule has 3 rings (SSSR count). The van der Waals surface area contributed by atoms with Crippen molar-refractivity contribution in [2.75, 3.05) is 20.3 Å². The zero-order chi connectivity index (χ0) is 13.9. The van der Waals surface area contributed by atoms with Crippen molar-refractivity contribution in [2.24, 2.45) is 0 Å². The van der Waals surface area contributed by atoms with E-state index in [-0.39, 0.29) is 11.9 Å². The lowest BCUT2D eigenvalue weighted by molar-refractivity contribution is -0.134. The summed E-state index contributed by atoms with van der Waals surface area (Å²) in [5.74, 6) is 0.235. The third-order valence-corrected chi connectivity index (χ3v) is 4.19. The average molecular weight is 274 g/mol. The number of hydrogen-bond acceptors (Lipinski definition) is 3. The van der Waals surface area contributed by atoms with Crippen LogP contribution in [-0.4, -0.2) is 43.2 Å². The number of benzene rings is 1. The molecule has 1 aliphatic heterocycles. The first-order chi connectivity index (χ1) is 9.79. The van der Waals surface area contributed by atoms with Crippen LogP contribution in [0.15, 0.2) is 24.3 Å². The van der Waals surface area contributed by atoms with Gasteiger partial charge < -0.3 is 15.0 Å². The minimum Gasteiger partial charge on any atom is -0.383 e. The number of ether oxygens (including phenoxy) is 1. The van der Waals surface area contributed by atoms with Gasteiger partial charge in [0.2, 0.25) is 5.91 Å². The molecule has 1 aromatic carbocycles. The van der Waals surface area contributed by atoms with Crippen molar-refractivity contribution in [2.45, 2.75) is 37.9 Å². The molecule has 4 nitrogen and oxygen atoms in total. The van der Waals surface area contributed by atoms with Crippen molar-refractivity contribution in [1.29, 1.82) is 0 Å². The van der Waals surface area contributed by atoms with Crippen LogP contribution in [0.5, 0.6) is 0 Å². The second-order valence-corrected chi connectivity index (χ2v) is 5.66. The summed E-state index contributed by atoms with van der Waals surface area (Å²) < 4.78 is 5.13. The second-order valence-electron chi connectivity index (χ2n) is 5.66. The number of carbonyl (C=O) groups is 1. The number of nitrogens with zero attached hydrogens (tertiary/aromatic N) is 1. The van der Waals surface area contributed by atoms with Crippen LogP contribution in [0.2, 0.25) is 0 Å². The highest BCUT2D eigenvalue weighted by molar-refractivity contribution is 5.83. The van der Waals surface area contributed by atoms with Crippen LogP contribution in [0.3, 0.4) is 0 Å². The molecule has 20 heavy (non-hydrogen) atoms. The van der Waals surface area contributed by atoms with Gasteiger partial charge in [-0.25, -0.2) is 0 Å². The molecule has 1 N–H and O–H groups in total. The lowest BCUT2D eigenvalue weighted by atomic mass is 9.95. The number of fused-ring (bicyclic) bond motifs is 1. The molecule has 1 aliphatic carbocycles. The Morgan fingerprint density at radius 1 is 1.35 bits per heavy atom. The molecule has 1 amide bonds. The van der Waals surface area contributed by atoms with Crippen molar-refractivity contribution >= 4 is 5.91 Å². The van der Waals surface area contributed by atoms with Gasteiger partial charge in [0, 0.05) is 26.2 Å². The van der Waals surface area contributed by atoms with Crippen LogP contribution < -0.4 is 5.32 Å². The number of methoxy groups -OCH3 is 1. The molecule has 108 valence electrons. The molecule has 0 bridgehead atoms. The van der Waals surface area contributed by atoms with Crippen LogP contribution >= 0.6 is 0 Å². The maximum Gasteiger partial charge on any atom is 0.240 e. The monoisotopic (exact) mass is 274 g/mol. The predicted octanol–water partition coefficient (Wildman–Crippen LogP) is 1.34. The molecular weight excluding hydrogens is 252 g/mol. The summed E-state index contributed by atoms with van der Waals surface area (Å²) in [6.07, 6.45) is 3.07. The van der Waals surface area contributed by atoms with Gasteiger partial charge in [-0.05, 0) is 30.4 Å². The Morgan fingerprint density at radius 2 is 2.10 bits per heavy atom. The van der Waals surface area contributed by atoms with Crippen LogP contribution in [0.4, 0.5) is 0 Å². The van der Waals surface area contributed by atoms with Gasteiger partial charge in [0.25, 0.3) is 0 Å². The highest BCUT2D eigenvalue weighted by Gasteiger charge is 2.36. The fourth-order valence-electron chi connectivity index (χ4n) is 2.88. The van der Waals surface area contributed by atoms with E-state index in [0.717, 1.165) is 25.8 Å². The van der Waals surface area contributed by atoms with Crippen LogP contribution in [0.25, 0.3) is 0 Å². The number of hydrogen-bond donors (Lipinski definition) is 1. The molecule has 1 atom stereocenters. The van der Waals surface area contributed by atoms with Gasteiger partial charge in [0.1, 0.15) is 0 Å². The smallest absolute Gasteiger partial charge is 0.240 e. The standard InChI is InChI=1S/C16H22N2O2/c1-20-9-8-18(14-6-7-14)16(19)15-10-12-4-2-3-5-13(12)11-17-15/h2-5,14-15,17H,6-11H2,1H3/t15-/m0/s1. The van der Waals surface area contributed by atoms with Crippen LogP contribution in [-0.2, 0) is 22.5 Å². The van der Waals surface area contributed by atoms with Crippen molar-refractivity contribution in [3.05, 3.63) is 35.4 Å². The third-order valence-electron chi connectivity index (χ3n) is 4.19. The van der Waals surface area contributed by atoms with Gasteiger partial charge >= 0.3 is 0 Å². The molecule has 2 aliphatic rings. The molecular formula is C16H22N2O2. The molecule has 0 saturated heterocycles. The molecule has 0 spiro atoms. The van der Waals surface area contributed by atoms with E-state index in [1.165, 1.54) is 11.1 Å². The van der Waals surface area contributed by atoms with Gasteiger partial charge in [-0.1, -0.05) is 24.3 Å². The minimum absolute atomic E-state index is 0.0812. The number of nitrogens with one attached hydrogen (secondary N) is 1. The summed E-state index contributed by atoms with van der Waals surface area (Å²) >= 11 is 0. The summed E-state index contributed by atoms with van der Waals surface area (Å²) in [6.45, 7) is 2.11. The summed E-state index contributed by atoms with van der Waals surface area (Å²) in [5.41, 5.74) is 2.61. The van der Waals surface area contributed by atoms with Gasteiger partial charge in [-0.2, -0.15) is 0 Å². The third kappa shape index (κ3) is 2.86. The first kappa shape index (κ1) is 13.6. The number of amides is 1. The Bertz CT molecular complexity index is 485. The summed E-state index contributed by atoms with van der Waals surface area (Å²) in [7, 11) is 1.69. The molecule has 0 aromatic heterocycles. The van der Waals surface area contributed by atoms with Crippen LogP contribution in [0.1, 0.15) is 24.0 Å².